The SMILES string of the molecule is O=C(CCn1ccnc1)N[C@H](Cc1cnc[nH]1)C(=O)O. The van der Waals surface area contributed by atoms with Crippen molar-refractivity contribution in [3.05, 3.63) is 36.9 Å². The number of imidazole rings is 2. The van der Waals surface area contributed by atoms with E-state index in [9.17, 15) is 9.59 Å². The number of nitrogens with zero attached hydrogens (tertiary/aromatic N) is 3. The van der Waals surface area contributed by atoms with Gasteiger partial charge in [0.1, 0.15) is 6.04 Å². The summed E-state index contributed by atoms with van der Waals surface area (Å²) in [4.78, 5) is 33.4. The molecule has 0 aromatic carbocycles. The van der Waals surface area contributed by atoms with Gasteiger partial charge in [-0.2, -0.15) is 0 Å². The van der Waals surface area contributed by atoms with E-state index in [4.69, 9.17) is 5.11 Å². The molecule has 0 saturated heterocycles. The first kappa shape index (κ1) is 13.8. The lowest BCUT2D eigenvalue weighted by Crippen LogP contribution is -2.42. The minimum absolute atomic E-state index is 0.173. The fourth-order valence-electron chi connectivity index (χ4n) is 1.73. The molecule has 106 valence electrons. The molecule has 1 amide bonds. The molecule has 0 fully saturated rings. The number of aromatic amines is 1. The van der Waals surface area contributed by atoms with Crippen LogP contribution in [0.25, 0.3) is 0 Å². The molecular weight excluding hydrogens is 262 g/mol. The first-order valence-corrected chi connectivity index (χ1v) is 6.10. The summed E-state index contributed by atoms with van der Waals surface area (Å²) in [5, 5.41) is 11.6. The summed E-state index contributed by atoms with van der Waals surface area (Å²) < 4.78 is 1.75. The fourth-order valence-corrected chi connectivity index (χ4v) is 1.73. The van der Waals surface area contributed by atoms with Crippen LogP contribution in [0, 0.1) is 0 Å². The van der Waals surface area contributed by atoms with Crippen LogP contribution in [0.1, 0.15) is 12.1 Å². The number of aryl methyl sites for hydroxylation is 1. The third-order valence-corrected chi connectivity index (χ3v) is 2.77. The van der Waals surface area contributed by atoms with Crippen LogP contribution in [0.15, 0.2) is 31.2 Å². The van der Waals surface area contributed by atoms with Crippen LogP contribution in [-0.2, 0) is 22.6 Å². The van der Waals surface area contributed by atoms with E-state index in [1.165, 1.54) is 12.5 Å². The topological polar surface area (TPSA) is 113 Å². The Morgan fingerprint density at radius 2 is 2.30 bits per heavy atom. The molecule has 2 rings (SSSR count). The summed E-state index contributed by atoms with van der Waals surface area (Å²) in [7, 11) is 0. The summed E-state index contributed by atoms with van der Waals surface area (Å²) >= 11 is 0. The highest BCUT2D eigenvalue weighted by Crippen LogP contribution is 2.00. The van der Waals surface area contributed by atoms with Gasteiger partial charge >= 0.3 is 5.97 Å². The number of aromatic nitrogens is 4. The van der Waals surface area contributed by atoms with E-state index in [1.807, 2.05) is 0 Å². The Morgan fingerprint density at radius 1 is 1.45 bits per heavy atom. The molecule has 8 heteroatoms. The van der Waals surface area contributed by atoms with Crippen molar-refractivity contribution in [2.75, 3.05) is 0 Å². The molecule has 2 aromatic heterocycles. The number of carbonyl (C=O) groups excluding carboxylic acids is 1. The number of rotatable bonds is 7. The molecule has 2 aromatic rings. The van der Waals surface area contributed by atoms with Crippen LogP contribution >= 0.6 is 0 Å². The van der Waals surface area contributed by atoms with Gasteiger partial charge in [-0.05, 0) is 0 Å². The Bertz CT molecular complexity index is 550. The molecule has 8 nitrogen and oxygen atoms in total. The van der Waals surface area contributed by atoms with E-state index in [1.54, 1.807) is 23.3 Å². The number of hydrogen-bond acceptors (Lipinski definition) is 4. The lowest BCUT2D eigenvalue weighted by molar-refractivity contribution is -0.141. The Balaban J connectivity index is 1.84. The van der Waals surface area contributed by atoms with E-state index in [2.05, 4.69) is 20.3 Å². The van der Waals surface area contributed by atoms with E-state index >= 15 is 0 Å². The second-order valence-corrected chi connectivity index (χ2v) is 4.29. The van der Waals surface area contributed by atoms with Crippen molar-refractivity contribution in [3.63, 3.8) is 0 Å². The number of carbonyl (C=O) groups is 2. The van der Waals surface area contributed by atoms with Crippen molar-refractivity contribution in [3.8, 4) is 0 Å². The number of carboxylic acid groups (broad SMARTS) is 1. The van der Waals surface area contributed by atoms with Crippen LogP contribution in [-0.4, -0.2) is 42.5 Å². The molecule has 0 aliphatic rings. The fraction of sp³-hybridized carbons (Fsp3) is 0.333. The zero-order chi connectivity index (χ0) is 14.4. The second-order valence-electron chi connectivity index (χ2n) is 4.29. The van der Waals surface area contributed by atoms with Gasteiger partial charge in [-0.1, -0.05) is 0 Å². The molecule has 0 saturated carbocycles. The average molecular weight is 277 g/mol. The summed E-state index contributed by atoms with van der Waals surface area (Å²) in [6.45, 7) is 0.461. The van der Waals surface area contributed by atoms with Crippen molar-refractivity contribution in [1.82, 2.24) is 24.8 Å². The molecule has 0 radical (unpaired) electrons. The smallest absolute Gasteiger partial charge is 0.326 e. The lowest BCUT2D eigenvalue weighted by atomic mass is 10.1. The predicted octanol–water partition coefficient (Wildman–Crippen LogP) is -0.192. The number of aliphatic carboxylic acids is 1. The molecule has 3 N–H and O–H groups in total. The third kappa shape index (κ3) is 3.94. The standard InChI is InChI=1S/C12H15N5O3/c18-11(1-3-17-4-2-13-8-17)16-10(12(19)20)5-9-6-14-7-15-9/h2,4,6-8,10H,1,3,5H2,(H,14,15)(H,16,18)(H,19,20)/t10-/m1/s1. The highest BCUT2D eigenvalue weighted by atomic mass is 16.4. The first-order chi connectivity index (χ1) is 9.65. The minimum atomic E-state index is -1.07. The number of hydrogen-bond donors (Lipinski definition) is 3. The van der Waals surface area contributed by atoms with Gasteiger partial charge in [-0.25, -0.2) is 14.8 Å². The Morgan fingerprint density at radius 3 is 2.90 bits per heavy atom. The number of nitrogens with one attached hydrogen (secondary N) is 2. The molecular formula is C12H15N5O3. The van der Waals surface area contributed by atoms with Gasteiger partial charge < -0.3 is 20.0 Å². The van der Waals surface area contributed by atoms with Crippen LogP contribution < -0.4 is 5.32 Å². The van der Waals surface area contributed by atoms with Crippen molar-refractivity contribution in [2.45, 2.75) is 25.4 Å². The normalized spacial score (nSPS) is 12.0. The number of amides is 1. The van der Waals surface area contributed by atoms with Crippen molar-refractivity contribution < 1.29 is 14.7 Å². The largest absolute Gasteiger partial charge is 0.480 e. The average Bonchev–Trinajstić information content (AvgIpc) is 3.08. The van der Waals surface area contributed by atoms with Gasteiger partial charge in [0.05, 0.1) is 12.7 Å². The molecule has 0 aliphatic heterocycles. The van der Waals surface area contributed by atoms with E-state index < -0.39 is 12.0 Å². The van der Waals surface area contributed by atoms with Crippen LogP contribution in [0.2, 0.25) is 0 Å². The number of carboxylic acids is 1. The van der Waals surface area contributed by atoms with Crippen LogP contribution in [0.3, 0.4) is 0 Å². The molecule has 20 heavy (non-hydrogen) atoms. The van der Waals surface area contributed by atoms with Gasteiger partial charge in [0.2, 0.25) is 5.91 Å². The molecule has 0 spiro atoms. The quantitative estimate of drug-likeness (QED) is 0.649. The maximum atomic E-state index is 11.7. The summed E-state index contributed by atoms with van der Waals surface area (Å²) in [6.07, 6.45) is 8.34. The molecule has 0 unspecified atom stereocenters. The molecule has 1 atom stereocenters. The van der Waals surface area contributed by atoms with Gasteiger partial charge in [0, 0.05) is 43.7 Å². The van der Waals surface area contributed by atoms with E-state index in [-0.39, 0.29) is 18.7 Å². The van der Waals surface area contributed by atoms with Gasteiger partial charge in [-0.15, -0.1) is 0 Å². The first-order valence-electron chi connectivity index (χ1n) is 6.10. The summed E-state index contributed by atoms with van der Waals surface area (Å²) in [6, 6.07) is -0.967. The highest BCUT2D eigenvalue weighted by Gasteiger charge is 2.20. The van der Waals surface area contributed by atoms with Gasteiger partial charge in [0.15, 0.2) is 0 Å². The van der Waals surface area contributed by atoms with Crippen molar-refractivity contribution in [1.29, 1.82) is 0 Å². The van der Waals surface area contributed by atoms with Gasteiger partial charge in [-0.3, -0.25) is 4.79 Å². The minimum Gasteiger partial charge on any atom is -0.480 e. The molecule has 0 aliphatic carbocycles. The highest BCUT2D eigenvalue weighted by molar-refractivity contribution is 5.83. The zero-order valence-corrected chi connectivity index (χ0v) is 10.7. The van der Waals surface area contributed by atoms with Gasteiger partial charge in [0.25, 0.3) is 0 Å². The Labute approximate surface area is 114 Å². The van der Waals surface area contributed by atoms with Crippen molar-refractivity contribution >= 4 is 11.9 Å². The maximum absolute atomic E-state index is 11.7. The third-order valence-electron chi connectivity index (χ3n) is 2.77. The zero-order valence-electron chi connectivity index (χ0n) is 10.7. The maximum Gasteiger partial charge on any atom is 0.326 e. The van der Waals surface area contributed by atoms with Crippen molar-refractivity contribution in [2.24, 2.45) is 0 Å². The Kier molecular flexibility index (Phi) is 4.48. The molecule has 2 heterocycles. The van der Waals surface area contributed by atoms with E-state index in [0.29, 0.717) is 12.2 Å². The lowest BCUT2D eigenvalue weighted by Gasteiger charge is -2.13. The molecule has 0 bridgehead atoms. The number of H-pyrrole nitrogens is 1. The second kappa shape index (κ2) is 6.50. The van der Waals surface area contributed by atoms with Crippen LogP contribution in [0.5, 0.6) is 0 Å². The Hall–Kier alpha value is -2.64. The summed E-state index contributed by atoms with van der Waals surface area (Å²) in [5.74, 6) is -1.39. The van der Waals surface area contributed by atoms with E-state index in [0.717, 1.165) is 0 Å². The van der Waals surface area contributed by atoms with Crippen LogP contribution in [0.4, 0.5) is 0 Å². The predicted molar refractivity (Wildman–Crippen MR) is 68.7 cm³/mol. The monoisotopic (exact) mass is 277 g/mol. The summed E-state index contributed by atoms with van der Waals surface area (Å²) in [5.41, 5.74) is 0.660.